The van der Waals surface area contributed by atoms with Gasteiger partial charge in [0.2, 0.25) is 0 Å². The fourth-order valence-electron chi connectivity index (χ4n) is 20.4. The Hall–Kier alpha value is -19.1. The van der Waals surface area contributed by atoms with Gasteiger partial charge in [0.15, 0.2) is 0 Å². The molecule has 0 spiro atoms. The van der Waals surface area contributed by atoms with Crippen molar-refractivity contribution in [1.82, 2.24) is 0 Å². The van der Waals surface area contributed by atoms with Gasteiger partial charge in [0.25, 0.3) is 0 Å². The second-order valence-electron chi connectivity index (χ2n) is 36.9. The highest BCUT2D eigenvalue weighted by Gasteiger charge is 2.23. The molecule has 0 radical (unpaired) electrons. The minimum atomic E-state index is 1.08. The minimum absolute atomic E-state index is 1.08. The first-order valence-electron chi connectivity index (χ1n) is 50.1. The van der Waals surface area contributed by atoms with Gasteiger partial charge in [-0.15, -0.1) is 0 Å². The third-order valence-corrected chi connectivity index (χ3v) is 28.0. The van der Waals surface area contributed by atoms with Gasteiger partial charge in [-0.2, -0.15) is 0 Å². The molecule has 0 saturated carbocycles. The summed E-state index contributed by atoms with van der Waals surface area (Å²) in [5.41, 5.74) is 49.6. The molecular formula is C144H102N2. The zero-order chi connectivity index (χ0) is 97.5. The van der Waals surface area contributed by atoms with Crippen molar-refractivity contribution in [3.63, 3.8) is 0 Å². The Labute approximate surface area is 856 Å². The molecule has 0 aliphatic rings. The summed E-state index contributed by atoms with van der Waals surface area (Å²) in [5, 5.41) is 0. The fraction of sp³-hybridized carbons (Fsp3) is 0. The van der Waals surface area contributed by atoms with Crippen molar-refractivity contribution in [2.75, 3.05) is 9.80 Å². The molecular weight excluding hydrogens is 1760 g/mol. The molecule has 24 aromatic rings. The number of hydrogen-bond donors (Lipinski definition) is 0. The van der Waals surface area contributed by atoms with Crippen molar-refractivity contribution in [3.8, 4) is 200 Å². The standard InChI is InChI=1S/C78H55N.C66H47N/c1-4-14-56(15-5-1)59-24-30-62(31-25-59)65-36-40-68(41-37-65)75-20-10-12-22-77(75)70-46-52-73(53-47-70)79(72-50-44-67(45-51-72)64-34-28-61(29-35-64)58-18-8-3-9-19-58)74-54-48-71(49-55-74)78-23-13-11-21-76(78)69-42-38-66(39-43-69)63-32-26-60(27-33-63)57-16-6-2-7-17-57;1-6-18-48(19-7-1)49-32-34-50(35-33-49)51-36-42-58(43-37-51)67(59-44-38-54(39-45-59)63-30-16-28-61(52-20-8-2-9-21-52)65(63)56-24-12-4-13-25-56)60-46-40-55(41-47-60)64-31-17-29-62(53-22-10-3-11-23-53)66(64)57-26-14-5-15-27-57/h1-55H;1-47H. The Balaban J connectivity index is 0.000000163. The van der Waals surface area contributed by atoms with E-state index in [0.29, 0.717) is 0 Å². The molecule has 0 aliphatic heterocycles. The molecule has 0 amide bonds. The average Bonchev–Trinajstić information content (AvgIpc) is 0.768. The molecule has 24 aromatic carbocycles. The summed E-state index contributed by atoms with van der Waals surface area (Å²) in [6.45, 7) is 0. The van der Waals surface area contributed by atoms with Crippen molar-refractivity contribution in [1.29, 1.82) is 0 Å². The van der Waals surface area contributed by atoms with E-state index in [9.17, 15) is 0 Å². The highest BCUT2D eigenvalue weighted by Crippen LogP contribution is 2.48. The van der Waals surface area contributed by atoms with E-state index in [0.717, 1.165) is 56.4 Å². The maximum absolute atomic E-state index is 2.37. The molecule has 24 rings (SSSR count). The predicted octanol–water partition coefficient (Wildman–Crippen LogP) is 40.3. The molecule has 0 fully saturated rings. The van der Waals surface area contributed by atoms with Crippen LogP contribution in [-0.2, 0) is 0 Å². The fourth-order valence-corrected chi connectivity index (χ4v) is 20.4. The molecule has 0 aliphatic carbocycles. The van der Waals surface area contributed by atoms with Crippen LogP contribution in [0.5, 0.6) is 0 Å². The van der Waals surface area contributed by atoms with E-state index < -0.39 is 0 Å². The van der Waals surface area contributed by atoms with Crippen LogP contribution in [0.1, 0.15) is 0 Å². The van der Waals surface area contributed by atoms with E-state index in [4.69, 9.17) is 0 Å². The van der Waals surface area contributed by atoms with Crippen LogP contribution < -0.4 is 9.80 Å². The lowest BCUT2D eigenvalue weighted by atomic mass is 9.87. The quantitative estimate of drug-likeness (QED) is 0.0595. The van der Waals surface area contributed by atoms with E-state index in [2.05, 4.69) is 629 Å². The zero-order valence-corrected chi connectivity index (χ0v) is 80.8. The summed E-state index contributed by atoms with van der Waals surface area (Å²) in [4.78, 5) is 4.73. The van der Waals surface area contributed by atoms with Crippen molar-refractivity contribution < 1.29 is 0 Å². The van der Waals surface area contributed by atoms with Crippen LogP contribution in [0.3, 0.4) is 0 Å². The van der Waals surface area contributed by atoms with Crippen molar-refractivity contribution in [2.45, 2.75) is 0 Å². The van der Waals surface area contributed by atoms with E-state index in [1.165, 1.54) is 178 Å². The normalized spacial score (nSPS) is 11.0. The van der Waals surface area contributed by atoms with Crippen LogP contribution in [0.4, 0.5) is 34.1 Å². The molecule has 2 nitrogen and oxygen atoms in total. The topological polar surface area (TPSA) is 6.48 Å². The van der Waals surface area contributed by atoms with Crippen molar-refractivity contribution >= 4 is 34.1 Å². The Kier molecular flexibility index (Phi) is 26.4. The van der Waals surface area contributed by atoms with Crippen LogP contribution in [-0.4, -0.2) is 0 Å². The van der Waals surface area contributed by atoms with Gasteiger partial charge in [-0.25, -0.2) is 0 Å². The van der Waals surface area contributed by atoms with Crippen LogP contribution >= 0.6 is 0 Å². The van der Waals surface area contributed by atoms with Crippen molar-refractivity contribution in [2.24, 2.45) is 0 Å². The van der Waals surface area contributed by atoms with Gasteiger partial charge in [-0.05, 0) is 273 Å². The maximum atomic E-state index is 2.37. The number of nitrogens with zero attached hydrogens (tertiary/aromatic N) is 2. The van der Waals surface area contributed by atoms with Crippen LogP contribution in [0.25, 0.3) is 200 Å². The summed E-state index contributed by atoms with van der Waals surface area (Å²) in [7, 11) is 0. The van der Waals surface area contributed by atoms with Crippen LogP contribution in [0.2, 0.25) is 0 Å². The third-order valence-electron chi connectivity index (χ3n) is 28.0. The summed E-state index contributed by atoms with van der Waals surface area (Å²) < 4.78 is 0. The zero-order valence-electron chi connectivity index (χ0n) is 80.8. The Morgan fingerprint density at radius 3 is 0.342 bits per heavy atom. The molecule has 0 saturated heterocycles. The van der Waals surface area contributed by atoms with E-state index in [-0.39, 0.29) is 0 Å². The van der Waals surface area contributed by atoms with Crippen LogP contribution in [0.15, 0.2) is 619 Å². The molecule has 0 atom stereocenters. The summed E-state index contributed by atoms with van der Waals surface area (Å²) in [6, 6.07) is 224. The molecule has 146 heavy (non-hydrogen) atoms. The van der Waals surface area contributed by atoms with Crippen LogP contribution in [0, 0.1) is 0 Å². The van der Waals surface area contributed by atoms with Gasteiger partial charge >= 0.3 is 0 Å². The summed E-state index contributed by atoms with van der Waals surface area (Å²) in [5.74, 6) is 0. The Morgan fingerprint density at radius 1 is 0.0685 bits per heavy atom. The van der Waals surface area contributed by atoms with Gasteiger partial charge in [-0.3, -0.25) is 0 Å². The molecule has 688 valence electrons. The maximum Gasteiger partial charge on any atom is 0.0462 e. The van der Waals surface area contributed by atoms with E-state index in [1.54, 1.807) is 0 Å². The second-order valence-corrected chi connectivity index (χ2v) is 36.9. The van der Waals surface area contributed by atoms with Crippen molar-refractivity contribution in [3.05, 3.63) is 619 Å². The van der Waals surface area contributed by atoms with E-state index in [1.807, 2.05) is 0 Å². The summed E-state index contributed by atoms with van der Waals surface area (Å²) in [6.07, 6.45) is 0. The van der Waals surface area contributed by atoms with Gasteiger partial charge in [-0.1, -0.05) is 546 Å². The molecule has 0 unspecified atom stereocenters. The lowest BCUT2D eigenvalue weighted by molar-refractivity contribution is 1.28. The number of hydrogen-bond acceptors (Lipinski definition) is 2. The molecule has 0 bridgehead atoms. The molecule has 2 heteroatoms. The minimum Gasteiger partial charge on any atom is -0.311 e. The SMILES string of the molecule is c1ccc(-c2ccc(-c3ccc(-c4ccccc4-c4ccc(N(c5ccc(-c6ccc(-c7ccccc7)cc6)cc5)c5ccc(-c6ccccc6-c6ccc(-c7ccc(-c8ccccc8)cc7)cc6)cc5)cc4)cc3)cc2)cc1.c1ccc(-c2ccc(-c3ccc(N(c4ccc(-c5cccc(-c6ccccc6)c5-c5ccccc5)cc4)c4ccc(-c5cccc(-c6ccccc6)c5-c5ccccc5)cc4)cc3)cc2)cc1. The third kappa shape index (κ3) is 19.8. The monoisotopic (exact) mass is 1860 g/mol. The van der Waals surface area contributed by atoms with Gasteiger partial charge in [0.1, 0.15) is 0 Å². The second kappa shape index (κ2) is 42.5. The lowest BCUT2D eigenvalue weighted by Gasteiger charge is -2.26. The smallest absolute Gasteiger partial charge is 0.0462 e. The first-order valence-corrected chi connectivity index (χ1v) is 50.1. The molecule has 0 heterocycles. The van der Waals surface area contributed by atoms with E-state index >= 15 is 0 Å². The predicted molar refractivity (Wildman–Crippen MR) is 620 cm³/mol. The average molecular weight is 1860 g/mol. The first kappa shape index (κ1) is 90.7. The highest BCUT2D eigenvalue weighted by molar-refractivity contribution is 5.99. The largest absolute Gasteiger partial charge is 0.311 e. The summed E-state index contributed by atoms with van der Waals surface area (Å²) >= 11 is 0. The molecule has 0 aromatic heterocycles. The Bertz CT molecular complexity index is 8110. The van der Waals surface area contributed by atoms with Gasteiger partial charge in [0.05, 0.1) is 0 Å². The Morgan fingerprint density at radius 2 is 0.171 bits per heavy atom. The number of rotatable bonds is 24. The first-order chi connectivity index (χ1) is 72.4. The number of benzene rings is 24. The number of anilines is 6. The lowest BCUT2D eigenvalue weighted by Crippen LogP contribution is -2.09. The highest BCUT2D eigenvalue weighted by atomic mass is 15.1. The van der Waals surface area contributed by atoms with Gasteiger partial charge < -0.3 is 9.80 Å². The molecule has 0 N–H and O–H groups in total. The van der Waals surface area contributed by atoms with Gasteiger partial charge in [0, 0.05) is 34.1 Å².